The normalized spacial score (nSPS) is 19.4. The molecule has 1 aromatic rings. The molecule has 1 aromatic heterocycles. The third kappa shape index (κ3) is 6.82. The van der Waals surface area contributed by atoms with Gasteiger partial charge in [0.05, 0.1) is 17.8 Å². The van der Waals surface area contributed by atoms with Gasteiger partial charge in [-0.05, 0) is 25.0 Å². The molecule has 7 nitrogen and oxygen atoms in total. The number of carboxylic acid groups (broad SMARTS) is 1. The van der Waals surface area contributed by atoms with Gasteiger partial charge in [-0.15, -0.1) is 6.58 Å². The first-order valence-corrected chi connectivity index (χ1v) is 9.10. The van der Waals surface area contributed by atoms with E-state index in [0.29, 0.717) is 13.1 Å². The molecule has 1 N–H and O–H groups in total. The van der Waals surface area contributed by atoms with Crippen LogP contribution in [0.15, 0.2) is 37.1 Å². The number of hydrogen-bond acceptors (Lipinski definition) is 5. The minimum atomic E-state index is -5.08. The summed E-state index contributed by atoms with van der Waals surface area (Å²) in [7, 11) is 0. The molecule has 0 unspecified atom stereocenters. The van der Waals surface area contributed by atoms with E-state index in [-0.39, 0.29) is 18.1 Å². The molecule has 0 radical (unpaired) electrons. The van der Waals surface area contributed by atoms with Gasteiger partial charge in [0, 0.05) is 32.4 Å². The second-order valence-corrected chi connectivity index (χ2v) is 6.93. The van der Waals surface area contributed by atoms with Crippen LogP contribution in [0.5, 0.6) is 0 Å². The van der Waals surface area contributed by atoms with Crippen molar-refractivity contribution in [2.45, 2.75) is 31.2 Å². The zero-order chi connectivity index (χ0) is 21.5. The predicted molar refractivity (Wildman–Crippen MR) is 97.9 cm³/mol. The average molecular weight is 415 g/mol. The van der Waals surface area contributed by atoms with Crippen molar-refractivity contribution in [2.75, 3.05) is 32.8 Å². The molecule has 10 heteroatoms. The van der Waals surface area contributed by atoms with Gasteiger partial charge >= 0.3 is 12.1 Å². The number of ether oxygens (including phenoxy) is 1. The lowest BCUT2D eigenvalue weighted by Gasteiger charge is -2.46. The molecular weight excluding hydrogens is 391 g/mol. The molecule has 2 aliphatic heterocycles. The van der Waals surface area contributed by atoms with E-state index in [4.69, 9.17) is 14.6 Å². The minimum Gasteiger partial charge on any atom is -0.475 e. The van der Waals surface area contributed by atoms with Crippen molar-refractivity contribution >= 4 is 11.9 Å². The molecule has 29 heavy (non-hydrogen) atoms. The number of rotatable bonds is 4. The number of likely N-dealkylation sites (tertiary alicyclic amines) is 1. The lowest BCUT2D eigenvalue weighted by atomic mass is 9.89. The zero-order valence-corrected chi connectivity index (χ0v) is 15.9. The predicted octanol–water partition coefficient (Wildman–Crippen LogP) is 2.09. The fourth-order valence-corrected chi connectivity index (χ4v) is 3.25. The third-order valence-corrected chi connectivity index (χ3v) is 4.80. The highest BCUT2D eigenvalue weighted by molar-refractivity contribution is 5.78. The Kier molecular flexibility index (Phi) is 7.74. The van der Waals surface area contributed by atoms with Gasteiger partial charge in [-0.2, -0.15) is 13.2 Å². The van der Waals surface area contributed by atoms with E-state index in [1.807, 2.05) is 23.2 Å². The molecule has 0 bridgehead atoms. The molecule has 2 saturated heterocycles. The van der Waals surface area contributed by atoms with E-state index in [9.17, 15) is 18.0 Å². The summed E-state index contributed by atoms with van der Waals surface area (Å²) in [4.78, 5) is 29.4. The number of aliphatic carboxylic acids is 1. The monoisotopic (exact) mass is 415 g/mol. The largest absolute Gasteiger partial charge is 0.490 e. The number of pyridine rings is 1. The summed E-state index contributed by atoms with van der Waals surface area (Å²) >= 11 is 0. The Hall–Kier alpha value is -2.46. The van der Waals surface area contributed by atoms with Crippen LogP contribution in [0, 0.1) is 0 Å². The van der Waals surface area contributed by atoms with E-state index < -0.39 is 12.1 Å². The molecule has 3 heterocycles. The number of hydrogen-bond donors (Lipinski definition) is 1. The molecule has 1 amide bonds. The topological polar surface area (TPSA) is 83.0 Å². The van der Waals surface area contributed by atoms with Gasteiger partial charge in [0.2, 0.25) is 5.91 Å². The summed E-state index contributed by atoms with van der Waals surface area (Å²) < 4.78 is 37.7. The number of carboxylic acids is 1. The van der Waals surface area contributed by atoms with E-state index in [1.165, 1.54) is 0 Å². The second-order valence-electron chi connectivity index (χ2n) is 6.93. The molecule has 3 rings (SSSR count). The Morgan fingerprint density at radius 2 is 2.00 bits per heavy atom. The van der Waals surface area contributed by atoms with Crippen LogP contribution >= 0.6 is 0 Å². The van der Waals surface area contributed by atoms with Crippen molar-refractivity contribution < 1.29 is 32.6 Å². The van der Waals surface area contributed by atoms with E-state index >= 15 is 0 Å². The van der Waals surface area contributed by atoms with Gasteiger partial charge in [-0.1, -0.05) is 12.1 Å². The molecule has 2 aliphatic rings. The maximum Gasteiger partial charge on any atom is 0.490 e. The smallest absolute Gasteiger partial charge is 0.475 e. The summed E-state index contributed by atoms with van der Waals surface area (Å²) in [6.07, 6.45) is 0.457. The standard InChI is InChI=1S/C17H23N3O2.C2HF3O2/c1-2-9-20-14-17(22-13-16(20)21)6-10-19(11-7-17)12-15-5-3-4-8-18-15;3-2(4,5)1(6)7/h2-5,8H,1,6-7,9-14H2;(H,6,7). The maximum absolute atomic E-state index is 11.9. The van der Waals surface area contributed by atoms with Crippen LogP contribution < -0.4 is 0 Å². The van der Waals surface area contributed by atoms with Gasteiger partial charge < -0.3 is 14.7 Å². The summed E-state index contributed by atoms with van der Waals surface area (Å²) in [6.45, 7) is 8.08. The number of aromatic nitrogens is 1. The minimum absolute atomic E-state index is 0.0708. The van der Waals surface area contributed by atoms with Crippen molar-refractivity contribution in [1.82, 2.24) is 14.8 Å². The molecule has 0 aliphatic carbocycles. The summed E-state index contributed by atoms with van der Waals surface area (Å²) in [6, 6.07) is 6.03. The molecule has 1 spiro atoms. The molecular formula is C19H24F3N3O4. The molecule has 160 valence electrons. The molecule has 0 aromatic carbocycles. The Bertz CT molecular complexity index is 704. The average Bonchev–Trinajstić information content (AvgIpc) is 2.68. The van der Waals surface area contributed by atoms with Crippen molar-refractivity contribution in [3.05, 3.63) is 42.7 Å². The van der Waals surface area contributed by atoms with Crippen molar-refractivity contribution in [3.63, 3.8) is 0 Å². The Balaban J connectivity index is 0.000000370. The van der Waals surface area contributed by atoms with Crippen LogP contribution in [0.25, 0.3) is 0 Å². The highest BCUT2D eigenvalue weighted by Crippen LogP contribution is 2.30. The number of carbonyl (C=O) groups excluding carboxylic acids is 1. The lowest BCUT2D eigenvalue weighted by Crippen LogP contribution is -2.58. The Morgan fingerprint density at radius 3 is 2.52 bits per heavy atom. The maximum atomic E-state index is 11.9. The zero-order valence-electron chi connectivity index (χ0n) is 15.9. The van der Waals surface area contributed by atoms with Crippen molar-refractivity contribution in [2.24, 2.45) is 0 Å². The molecule has 0 atom stereocenters. The summed E-state index contributed by atoms with van der Waals surface area (Å²) in [5.74, 6) is -2.69. The van der Waals surface area contributed by atoms with Crippen LogP contribution in [-0.2, 0) is 20.9 Å². The third-order valence-electron chi connectivity index (χ3n) is 4.80. The molecule has 0 saturated carbocycles. The van der Waals surface area contributed by atoms with Gasteiger partial charge in [-0.3, -0.25) is 14.7 Å². The Morgan fingerprint density at radius 1 is 1.34 bits per heavy atom. The summed E-state index contributed by atoms with van der Waals surface area (Å²) in [5.41, 5.74) is 0.934. The first kappa shape index (κ1) is 22.8. The Labute approximate surface area is 166 Å². The van der Waals surface area contributed by atoms with Gasteiger partial charge in [0.15, 0.2) is 0 Å². The van der Waals surface area contributed by atoms with Crippen LogP contribution in [-0.4, -0.2) is 76.3 Å². The quantitative estimate of drug-likeness (QED) is 0.759. The fourth-order valence-electron chi connectivity index (χ4n) is 3.25. The van der Waals surface area contributed by atoms with E-state index in [0.717, 1.165) is 38.2 Å². The first-order chi connectivity index (χ1) is 13.6. The second kappa shape index (κ2) is 9.84. The van der Waals surface area contributed by atoms with E-state index in [1.54, 1.807) is 6.08 Å². The number of halogens is 3. The number of amides is 1. The van der Waals surface area contributed by atoms with Crippen LogP contribution in [0.4, 0.5) is 13.2 Å². The van der Waals surface area contributed by atoms with Gasteiger partial charge in [-0.25, -0.2) is 4.79 Å². The van der Waals surface area contributed by atoms with Crippen LogP contribution in [0.1, 0.15) is 18.5 Å². The number of morpholine rings is 1. The first-order valence-electron chi connectivity index (χ1n) is 9.10. The van der Waals surface area contributed by atoms with Crippen LogP contribution in [0.3, 0.4) is 0 Å². The lowest BCUT2D eigenvalue weighted by molar-refractivity contribution is -0.192. The van der Waals surface area contributed by atoms with Gasteiger partial charge in [0.1, 0.15) is 6.61 Å². The number of carbonyl (C=O) groups is 2. The highest BCUT2D eigenvalue weighted by Gasteiger charge is 2.42. The summed E-state index contributed by atoms with van der Waals surface area (Å²) in [5, 5.41) is 7.12. The van der Waals surface area contributed by atoms with Crippen molar-refractivity contribution in [3.8, 4) is 0 Å². The van der Waals surface area contributed by atoms with Gasteiger partial charge in [0.25, 0.3) is 0 Å². The fraction of sp³-hybridized carbons (Fsp3) is 0.526. The number of alkyl halides is 3. The van der Waals surface area contributed by atoms with E-state index in [2.05, 4.69) is 22.5 Å². The SMILES string of the molecule is C=CCN1CC2(CCN(Cc3ccccn3)CC2)OCC1=O.O=C(O)C(F)(F)F. The number of piperidine rings is 1. The molecule has 2 fully saturated rings. The number of nitrogens with zero attached hydrogens (tertiary/aromatic N) is 3. The van der Waals surface area contributed by atoms with Crippen LogP contribution in [0.2, 0.25) is 0 Å². The highest BCUT2D eigenvalue weighted by atomic mass is 19.4. The van der Waals surface area contributed by atoms with Crippen molar-refractivity contribution in [1.29, 1.82) is 0 Å².